The Morgan fingerprint density at radius 2 is 0.735 bits per heavy atom. The molecule has 0 unspecified atom stereocenters. The van der Waals surface area contributed by atoms with Gasteiger partial charge in [-0.1, -0.05) is 97.8 Å². The number of hydrogen-bond donors (Lipinski definition) is 2. The van der Waals surface area contributed by atoms with Crippen LogP contribution in [0.1, 0.15) is 143 Å². The van der Waals surface area contributed by atoms with E-state index in [-0.39, 0.29) is 12.4 Å². The predicted molar refractivity (Wildman–Crippen MR) is 141 cm³/mol. The summed E-state index contributed by atoms with van der Waals surface area (Å²) in [5.74, 6) is -2.62. The van der Waals surface area contributed by atoms with E-state index in [2.05, 4.69) is 27.8 Å². The first-order valence-corrected chi connectivity index (χ1v) is 14.1. The third-order valence-corrected chi connectivity index (χ3v) is 6.46. The van der Waals surface area contributed by atoms with Crippen LogP contribution in [-0.4, -0.2) is 53.3 Å². The Morgan fingerprint density at radius 3 is 0.941 bits per heavy atom. The van der Waals surface area contributed by atoms with Crippen molar-refractivity contribution in [3.8, 4) is 0 Å². The topological polar surface area (TPSA) is 74.6 Å². The van der Waals surface area contributed by atoms with Crippen molar-refractivity contribution in [3.63, 3.8) is 0 Å². The molecule has 0 aromatic heterocycles. The van der Waals surface area contributed by atoms with Crippen molar-refractivity contribution >= 4 is 11.9 Å². The molecular formula is C28H58ClNO4. The minimum absolute atomic E-state index is 0. The van der Waals surface area contributed by atoms with Crippen LogP contribution in [-0.2, 0) is 9.59 Å². The molecule has 0 fully saturated rings. The number of rotatable bonds is 23. The van der Waals surface area contributed by atoms with E-state index in [1.54, 1.807) is 0 Å². The fraction of sp³-hybridized carbons (Fsp3) is 0.929. The molecule has 0 aromatic rings. The summed E-state index contributed by atoms with van der Waals surface area (Å²) in [4.78, 5) is 18.9. The summed E-state index contributed by atoms with van der Waals surface area (Å²) in [6, 6.07) is 0. The molecule has 5 nitrogen and oxygen atoms in total. The number of halogens is 1. The quantitative estimate of drug-likeness (QED) is 0.115. The molecule has 6 heteroatoms. The van der Waals surface area contributed by atoms with Crippen molar-refractivity contribution in [2.75, 3.05) is 26.7 Å². The maximum atomic E-state index is 9.43. The van der Waals surface area contributed by atoms with Gasteiger partial charge in [0.25, 0.3) is 0 Å². The van der Waals surface area contributed by atoms with Crippen LogP contribution in [0, 0.1) is 0 Å². The highest BCUT2D eigenvalue weighted by molar-refractivity contribution is 5.88. The molecule has 0 heterocycles. The van der Waals surface area contributed by atoms with E-state index in [1.165, 1.54) is 140 Å². The average Bonchev–Trinajstić information content (AvgIpc) is 2.75. The molecule has 0 aliphatic heterocycles. The van der Waals surface area contributed by atoms with Crippen molar-refractivity contribution in [2.45, 2.75) is 143 Å². The fourth-order valence-corrected chi connectivity index (χ4v) is 4.29. The number of unbranched alkanes of at least 4 members (excludes halogenated alkanes) is 15. The molecule has 206 valence electrons. The van der Waals surface area contributed by atoms with E-state index < -0.39 is 18.4 Å². The molecule has 0 aromatic carbocycles. The molecule has 0 saturated heterocycles. The van der Waals surface area contributed by atoms with Crippen molar-refractivity contribution in [1.29, 1.82) is 0 Å². The summed E-state index contributed by atoms with van der Waals surface area (Å²) in [5, 5.41) is 15.4. The monoisotopic (exact) mass is 507 g/mol. The lowest BCUT2D eigenvalue weighted by molar-refractivity contribution is -0.910. The van der Waals surface area contributed by atoms with Crippen LogP contribution in [0.5, 0.6) is 0 Å². The zero-order valence-electron chi connectivity index (χ0n) is 23.1. The summed E-state index contributed by atoms with van der Waals surface area (Å²) < 4.78 is 1.36. The summed E-state index contributed by atoms with van der Waals surface area (Å²) in [5.41, 5.74) is 0. The average molecular weight is 508 g/mol. The standard InChI is InChI=1S/C25H54N.C3H4O4.ClH/c1-5-8-11-14-17-20-23-26(4,24-21-18-15-12-9-6-2)25-22-19-16-13-10-7-3;4-2(5)1-3(6)7;/h5-25H2,1-4H3;1H2,(H,4,5)(H,6,7);1H/q+1;;/p-1. The van der Waals surface area contributed by atoms with E-state index in [4.69, 9.17) is 10.2 Å². The van der Waals surface area contributed by atoms with Crippen LogP contribution in [0.2, 0.25) is 0 Å². The minimum atomic E-state index is -1.31. The van der Waals surface area contributed by atoms with Gasteiger partial charge >= 0.3 is 11.9 Å². The normalized spacial score (nSPS) is 10.8. The number of carbonyl (C=O) groups is 2. The number of carboxylic acid groups (broad SMARTS) is 2. The maximum Gasteiger partial charge on any atom is 0.314 e. The molecule has 34 heavy (non-hydrogen) atoms. The highest BCUT2D eigenvalue weighted by Crippen LogP contribution is 2.16. The zero-order valence-corrected chi connectivity index (χ0v) is 23.8. The Morgan fingerprint density at radius 1 is 0.500 bits per heavy atom. The Hall–Kier alpha value is -0.810. The van der Waals surface area contributed by atoms with Crippen LogP contribution in [0.4, 0.5) is 0 Å². The predicted octanol–water partition coefficient (Wildman–Crippen LogP) is 5.06. The Labute approximate surface area is 218 Å². The molecule has 0 aliphatic rings. The van der Waals surface area contributed by atoms with Gasteiger partial charge in [-0.2, -0.15) is 0 Å². The lowest BCUT2D eigenvalue weighted by Crippen LogP contribution is -3.00. The molecule has 0 amide bonds. The highest BCUT2D eigenvalue weighted by Gasteiger charge is 2.20. The lowest BCUT2D eigenvalue weighted by atomic mass is 10.1. The number of nitrogens with zero attached hydrogens (tertiary/aromatic N) is 1. The van der Waals surface area contributed by atoms with Crippen LogP contribution < -0.4 is 12.4 Å². The second-order valence-electron chi connectivity index (χ2n) is 10.1. The lowest BCUT2D eigenvalue weighted by Gasteiger charge is -2.35. The molecule has 0 aliphatic carbocycles. The van der Waals surface area contributed by atoms with Gasteiger partial charge in [-0.25, -0.2) is 0 Å². The van der Waals surface area contributed by atoms with E-state index in [9.17, 15) is 9.59 Å². The van der Waals surface area contributed by atoms with E-state index in [1.807, 2.05) is 0 Å². The summed E-state index contributed by atoms with van der Waals surface area (Å²) in [6.45, 7) is 11.2. The van der Waals surface area contributed by atoms with Gasteiger partial charge in [0.15, 0.2) is 0 Å². The maximum absolute atomic E-state index is 9.43. The van der Waals surface area contributed by atoms with Crippen molar-refractivity contribution in [3.05, 3.63) is 0 Å². The number of quaternary nitrogens is 1. The molecule has 2 N–H and O–H groups in total. The summed E-state index contributed by atoms with van der Waals surface area (Å²) >= 11 is 0. The molecule has 0 spiro atoms. The van der Waals surface area contributed by atoms with Gasteiger partial charge in [-0.15, -0.1) is 0 Å². The SMILES string of the molecule is CCCCCCCC[N+](C)(CCCCCCCC)CCCCCCCC.O=C(O)CC(=O)O.[Cl-]. The molecule has 0 radical (unpaired) electrons. The number of hydrogen-bond acceptors (Lipinski definition) is 2. The number of aliphatic carboxylic acids is 2. The molecule has 0 atom stereocenters. The third-order valence-electron chi connectivity index (χ3n) is 6.46. The third kappa shape index (κ3) is 31.2. The zero-order chi connectivity index (χ0) is 25.2. The minimum Gasteiger partial charge on any atom is -1.00 e. The van der Waals surface area contributed by atoms with Gasteiger partial charge < -0.3 is 27.1 Å². The van der Waals surface area contributed by atoms with E-state index in [0.29, 0.717) is 0 Å². The number of carboxylic acids is 2. The first-order chi connectivity index (χ1) is 15.8. The summed E-state index contributed by atoms with van der Waals surface area (Å²) in [7, 11) is 2.56. The largest absolute Gasteiger partial charge is 1.00 e. The van der Waals surface area contributed by atoms with Crippen LogP contribution >= 0.6 is 0 Å². The van der Waals surface area contributed by atoms with Crippen molar-refractivity contribution in [2.24, 2.45) is 0 Å². The van der Waals surface area contributed by atoms with Gasteiger partial charge in [0.2, 0.25) is 0 Å². The van der Waals surface area contributed by atoms with Gasteiger partial charge in [0.05, 0.1) is 26.7 Å². The highest BCUT2D eigenvalue weighted by atomic mass is 35.5. The van der Waals surface area contributed by atoms with Crippen LogP contribution in [0.3, 0.4) is 0 Å². The van der Waals surface area contributed by atoms with Crippen molar-refractivity contribution in [1.82, 2.24) is 0 Å². The van der Waals surface area contributed by atoms with Gasteiger partial charge in [0, 0.05) is 0 Å². The molecule has 0 bridgehead atoms. The van der Waals surface area contributed by atoms with Gasteiger partial charge in [0.1, 0.15) is 6.42 Å². The molecular weight excluding hydrogens is 450 g/mol. The Bertz CT molecular complexity index is 393. The summed E-state index contributed by atoms with van der Waals surface area (Å²) in [6.07, 6.45) is 25.1. The fourth-order valence-electron chi connectivity index (χ4n) is 4.29. The first kappa shape index (κ1) is 37.7. The second kappa shape index (κ2) is 28.4. The first-order valence-electron chi connectivity index (χ1n) is 14.1. The second-order valence-corrected chi connectivity index (χ2v) is 10.1. The van der Waals surface area contributed by atoms with Crippen molar-refractivity contribution < 1.29 is 36.7 Å². The Kier molecular flexibility index (Phi) is 31.5. The molecule has 0 rings (SSSR count). The molecule has 0 saturated carbocycles. The van der Waals surface area contributed by atoms with Crippen LogP contribution in [0.25, 0.3) is 0 Å². The van der Waals surface area contributed by atoms with Gasteiger partial charge in [-0.3, -0.25) is 9.59 Å². The van der Waals surface area contributed by atoms with Crippen LogP contribution in [0.15, 0.2) is 0 Å². The van der Waals surface area contributed by atoms with E-state index >= 15 is 0 Å². The smallest absolute Gasteiger partial charge is 0.314 e. The Balaban J connectivity index is -0.00000104. The van der Waals surface area contributed by atoms with E-state index in [0.717, 1.165) is 0 Å². The van der Waals surface area contributed by atoms with Gasteiger partial charge in [-0.05, 0) is 38.5 Å².